The predicted molar refractivity (Wildman–Crippen MR) is 80.9 cm³/mol. The van der Waals surface area contributed by atoms with E-state index in [0.717, 1.165) is 16.9 Å². The fraction of sp³-hybridized carbons (Fsp3) is 0.235. The van der Waals surface area contributed by atoms with E-state index >= 15 is 0 Å². The Bertz CT molecular complexity index is 669. The van der Waals surface area contributed by atoms with Gasteiger partial charge in [-0.1, -0.05) is 26.0 Å². The van der Waals surface area contributed by atoms with Crippen molar-refractivity contribution in [2.75, 3.05) is 5.73 Å². The summed E-state index contributed by atoms with van der Waals surface area (Å²) < 4.78 is 5.95. The van der Waals surface area contributed by atoms with Gasteiger partial charge in [-0.15, -0.1) is 0 Å². The number of benzene rings is 2. The fourth-order valence-electron chi connectivity index (χ4n) is 2.05. The Morgan fingerprint density at radius 3 is 2.50 bits per heavy atom. The van der Waals surface area contributed by atoms with Crippen LogP contribution in [-0.4, -0.2) is 0 Å². The number of anilines is 1. The van der Waals surface area contributed by atoms with Gasteiger partial charge in [-0.05, 0) is 48.2 Å². The summed E-state index contributed by atoms with van der Waals surface area (Å²) in [6, 6.07) is 13.3. The van der Waals surface area contributed by atoms with Gasteiger partial charge in [-0.3, -0.25) is 0 Å². The lowest BCUT2D eigenvalue weighted by Crippen LogP contribution is -1.97. The molecule has 3 nitrogen and oxygen atoms in total. The highest BCUT2D eigenvalue weighted by Crippen LogP contribution is 2.33. The van der Waals surface area contributed by atoms with Crippen LogP contribution in [0, 0.1) is 18.3 Å². The normalized spacial score (nSPS) is 10.3. The highest BCUT2D eigenvalue weighted by molar-refractivity contribution is 5.55. The molecule has 2 aromatic rings. The number of nitrogen functional groups attached to an aromatic ring is 1. The number of hydrogen-bond acceptors (Lipinski definition) is 3. The van der Waals surface area contributed by atoms with Crippen molar-refractivity contribution in [3.8, 4) is 17.6 Å². The van der Waals surface area contributed by atoms with E-state index in [1.165, 1.54) is 0 Å². The summed E-state index contributed by atoms with van der Waals surface area (Å²) in [5.74, 6) is 1.68. The first-order valence-electron chi connectivity index (χ1n) is 6.59. The number of hydrogen-bond donors (Lipinski definition) is 1. The van der Waals surface area contributed by atoms with Gasteiger partial charge in [-0.2, -0.15) is 5.26 Å². The molecule has 3 heteroatoms. The average Bonchev–Trinajstić information content (AvgIpc) is 2.40. The minimum atomic E-state index is 0.352. The quantitative estimate of drug-likeness (QED) is 0.839. The standard InChI is InChI=1S/C17H18N2O/c1-11(2)15-6-4-12(3)8-17(15)20-16-7-5-14(19)9-13(16)10-18/h4-9,11H,19H2,1-3H3. The van der Waals surface area contributed by atoms with Crippen molar-refractivity contribution in [2.45, 2.75) is 26.7 Å². The molecule has 0 saturated carbocycles. The maximum Gasteiger partial charge on any atom is 0.145 e. The monoisotopic (exact) mass is 266 g/mol. The average molecular weight is 266 g/mol. The van der Waals surface area contributed by atoms with E-state index in [0.29, 0.717) is 22.9 Å². The molecule has 0 unspecified atom stereocenters. The van der Waals surface area contributed by atoms with Gasteiger partial charge in [0.1, 0.15) is 17.6 Å². The zero-order chi connectivity index (χ0) is 14.7. The molecule has 0 fully saturated rings. The lowest BCUT2D eigenvalue weighted by molar-refractivity contribution is 0.471. The first-order valence-corrected chi connectivity index (χ1v) is 6.59. The molecule has 0 radical (unpaired) electrons. The van der Waals surface area contributed by atoms with Crippen LogP contribution in [-0.2, 0) is 0 Å². The van der Waals surface area contributed by atoms with E-state index in [1.807, 2.05) is 13.0 Å². The van der Waals surface area contributed by atoms with Crippen molar-refractivity contribution in [1.29, 1.82) is 5.26 Å². The van der Waals surface area contributed by atoms with Gasteiger partial charge in [0.05, 0.1) is 5.56 Å². The van der Waals surface area contributed by atoms with Crippen molar-refractivity contribution in [1.82, 2.24) is 0 Å². The summed E-state index contributed by atoms with van der Waals surface area (Å²) in [6.07, 6.45) is 0. The van der Waals surface area contributed by atoms with Crippen molar-refractivity contribution < 1.29 is 4.74 Å². The zero-order valence-corrected chi connectivity index (χ0v) is 12.0. The second-order valence-electron chi connectivity index (χ2n) is 5.17. The number of aryl methyl sites for hydroxylation is 1. The molecule has 0 bridgehead atoms. The highest BCUT2D eigenvalue weighted by atomic mass is 16.5. The van der Waals surface area contributed by atoms with Crippen LogP contribution in [0.1, 0.15) is 36.5 Å². The zero-order valence-electron chi connectivity index (χ0n) is 12.0. The summed E-state index contributed by atoms with van der Waals surface area (Å²) in [5, 5.41) is 9.17. The lowest BCUT2D eigenvalue weighted by atomic mass is 10.0. The molecular weight excluding hydrogens is 248 g/mol. The van der Waals surface area contributed by atoms with Crippen molar-refractivity contribution in [3.05, 3.63) is 53.1 Å². The van der Waals surface area contributed by atoms with Crippen LogP contribution >= 0.6 is 0 Å². The van der Waals surface area contributed by atoms with Gasteiger partial charge in [0.15, 0.2) is 0 Å². The van der Waals surface area contributed by atoms with Crippen LogP contribution in [0.4, 0.5) is 5.69 Å². The SMILES string of the molecule is Cc1ccc(C(C)C)c(Oc2ccc(N)cc2C#N)c1. The maximum absolute atomic E-state index is 9.17. The molecule has 0 aliphatic carbocycles. The third-order valence-corrected chi connectivity index (χ3v) is 3.14. The summed E-state index contributed by atoms with van der Waals surface area (Å²) in [5.41, 5.74) is 8.94. The van der Waals surface area contributed by atoms with Gasteiger partial charge in [0, 0.05) is 5.69 Å². The molecule has 0 aromatic heterocycles. The predicted octanol–water partition coefficient (Wildman–Crippen LogP) is 4.36. The first kappa shape index (κ1) is 14.0. The molecule has 0 atom stereocenters. The molecule has 0 heterocycles. The summed E-state index contributed by atoms with van der Waals surface area (Å²) in [6.45, 7) is 6.25. The molecule has 0 saturated heterocycles. The Hall–Kier alpha value is -2.47. The molecule has 0 aliphatic heterocycles. The molecule has 20 heavy (non-hydrogen) atoms. The van der Waals surface area contributed by atoms with E-state index < -0.39 is 0 Å². The largest absolute Gasteiger partial charge is 0.456 e. The minimum absolute atomic E-state index is 0.352. The molecule has 0 amide bonds. The number of ether oxygens (including phenoxy) is 1. The molecule has 2 rings (SSSR count). The molecule has 0 spiro atoms. The van der Waals surface area contributed by atoms with E-state index in [-0.39, 0.29) is 0 Å². The Kier molecular flexibility index (Phi) is 3.95. The molecule has 2 N–H and O–H groups in total. The van der Waals surface area contributed by atoms with E-state index in [1.54, 1.807) is 18.2 Å². The maximum atomic E-state index is 9.17. The number of nitrogens with zero attached hydrogens (tertiary/aromatic N) is 1. The smallest absolute Gasteiger partial charge is 0.145 e. The van der Waals surface area contributed by atoms with Crippen LogP contribution < -0.4 is 10.5 Å². The Morgan fingerprint density at radius 1 is 1.10 bits per heavy atom. The third kappa shape index (κ3) is 2.92. The number of nitrogens with two attached hydrogens (primary N) is 1. The van der Waals surface area contributed by atoms with Crippen molar-refractivity contribution in [2.24, 2.45) is 0 Å². The summed E-state index contributed by atoms with van der Waals surface area (Å²) in [7, 11) is 0. The van der Waals surface area contributed by atoms with Crippen molar-refractivity contribution in [3.63, 3.8) is 0 Å². The first-order chi connectivity index (χ1) is 9.51. The molecule has 2 aromatic carbocycles. The van der Waals surface area contributed by atoms with Crippen LogP contribution in [0.2, 0.25) is 0 Å². The van der Waals surface area contributed by atoms with Gasteiger partial charge in [0.2, 0.25) is 0 Å². The Morgan fingerprint density at radius 2 is 1.85 bits per heavy atom. The summed E-state index contributed by atoms with van der Waals surface area (Å²) in [4.78, 5) is 0. The lowest BCUT2D eigenvalue weighted by Gasteiger charge is -2.15. The van der Waals surface area contributed by atoms with Gasteiger partial charge in [0.25, 0.3) is 0 Å². The van der Waals surface area contributed by atoms with Crippen LogP contribution in [0.5, 0.6) is 11.5 Å². The molecular formula is C17H18N2O. The van der Waals surface area contributed by atoms with Gasteiger partial charge < -0.3 is 10.5 Å². The van der Waals surface area contributed by atoms with Crippen LogP contribution in [0.3, 0.4) is 0 Å². The van der Waals surface area contributed by atoms with Crippen LogP contribution in [0.25, 0.3) is 0 Å². The highest BCUT2D eigenvalue weighted by Gasteiger charge is 2.11. The molecule has 102 valence electrons. The van der Waals surface area contributed by atoms with Gasteiger partial charge >= 0.3 is 0 Å². The summed E-state index contributed by atoms with van der Waals surface area (Å²) >= 11 is 0. The second kappa shape index (κ2) is 5.66. The topological polar surface area (TPSA) is 59.0 Å². The van der Waals surface area contributed by atoms with E-state index in [2.05, 4.69) is 32.0 Å². The third-order valence-electron chi connectivity index (χ3n) is 3.14. The fourth-order valence-corrected chi connectivity index (χ4v) is 2.05. The Balaban J connectivity index is 2.45. The molecule has 0 aliphatic rings. The number of nitriles is 1. The number of rotatable bonds is 3. The van der Waals surface area contributed by atoms with Gasteiger partial charge in [-0.25, -0.2) is 0 Å². The van der Waals surface area contributed by atoms with E-state index in [9.17, 15) is 0 Å². The van der Waals surface area contributed by atoms with E-state index in [4.69, 9.17) is 15.7 Å². The van der Waals surface area contributed by atoms with Crippen LogP contribution in [0.15, 0.2) is 36.4 Å². The second-order valence-corrected chi connectivity index (χ2v) is 5.17. The van der Waals surface area contributed by atoms with Crippen molar-refractivity contribution >= 4 is 5.69 Å². The Labute approximate surface area is 119 Å². The minimum Gasteiger partial charge on any atom is -0.456 e.